The van der Waals surface area contributed by atoms with Crippen LogP contribution in [0.25, 0.3) is 0 Å². The monoisotopic (exact) mass is 414 g/mol. The van der Waals surface area contributed by atoms with Gasteiger partial charge in [-0.05, 0) is 36.0 Å². The van der Waals surface area contributed by atoms with Crippen molar-refractivity contribution in [3.05, 3.63) is 59.4 Å². The molecule has 1 saturated carbocycles. The SMILES string of the molecule is N#C[C@]1(NC(=O)Cc2ccc(C3CC3)cc2)CCN(c2cncc(C(F)(F)F)c2)C1. The van der Waals surface area contributed by atoms with Gasteiger partial charge in [0.25, 0.3) is 0 Å². The third-order valence-electron chi connectivity index (χ3n) is 5.67. The molecule has 30 heavy (non-hydrogen) atoms. The third-order valence-corrected chi connectivity index (χ3v) is 5.67. The van der Waals surface area contributed by atoms with Gasteiger partial charge in [-0.2, -0.15) is 18.4 Å². The molecule has 2 heterocycles. The van der Waals surface area contributed by atoms with Crippen LogP contribution in [0.1, 0.15) is 41.9 Å². The first kappa shape index (κ1) is 20.2. The highest BCUT2D eigenvalue weighted by molar-refractivity contribution is 5.80. The van der Waals surface area contributed by atoms with Crippen molar-refractivity contribution >= 4 is 11.6 Å². The van der Waals surface area contributed by atoms with Gasteiger partial charge in [0.1, 0.15) is 5.54 Å². The first-order valence-corrected chi connectivity index (χ1v) is 9.86. The molecule has 0 spiro atoms. The van der Waals surface area contributed by atoms with E-state index in [1.54, 1.807) is 4.90 Å². The molecule has 0 unspecified atom stereocenters. The predicted molar refractivity (Wildman–Crippen MR) is 105 cm³/mol. The molecule has 156 valence electrons. The van der Waals surface area contributed by atoms with E-state index in [0.717, 1.165) is 17.8 Å². The molecule has 5 nitrogen and oxygen atoms in total. The van der Waals surface area contributed by atoms with Gasteiger partial charge in [-0.25, -0.2) is 0 Å². The molecular weight excluding hydrogens is 393 g/mol. The van der Waals surface area contributed by atoms with E-state index in [4.69, 9.17) is 0 Å². The van der Waals surface area contributed by atoms with E-state index in [1.165, 1.54) is 24.6 Å². The maximum atomic E-state index is 13.0. The minimum Gasteiger partial charge on any atom is -0.367 e. The Balaban J connectivity index is 1.41. The van der Waals surface area contributed by atoms with Crippen LogP contribution >= 0.6 is 0 Å². The summed E-state index contributed by atoms with van der Waals surface area (Å²) in [5.41, 5.74) is 0.454. The number of rotatable bonds is 5. The van der Waals surface area contributed by atoms with E-state index < -0.39 is 17.3 Å². The lowest BCUT2D eigenvalue weighted by atomic mass is 9.99. The smallest absolute Gasteiger partial charge is 0.367 e. The van der Waals surface area contributed by atoms with Gasteiger partial charge in [-0.3, -0.25) is 9.78 Å². The van der Waals surface area contributed by atoms with Gasteiger partial charge >= 0.3 is 6.18 Å². The van der Waals surface area contributed by atoms with E-state index in [1.807, 2.05) is 24.3 Å². The van der Waals surface area contributed by atoms with Crippen molar-refractivity contribution < 1.29 is 18.0 Å². The molecule has 0 radical (unpaired) electrons. The number of benzene rings is 1. The number of carbonyl (C=O) groups excluding carboxylic acids is 1. The number of alkyl halides is 3. The Morgan fingerprint density at radius 1 is 1.27 bits per heavy atom. The largest absolute Gasteiger partial charge is 0.417 e. The summed E-state index contributed by atoms with van der Waals surface area (Å²) in [7, 11) is 0. The van der Waals surface area contributed by atoms with Crippen LogP contribution in [0.4, 0.5) is 18.9 Å². The van der Waals surface area contributed by atoms with Crippen LogP contribution in [0.3, 0.4) is 0 Å². The summed E-state index contributed by atoms with van der Waals surface area (Å²) in [4.78, 5) is 17.9. The molecule has 1 saturated heterocycles. The molecule has 1 aromatic carbocycles. The molecule has 2 aliphatic rings. The van der Waals surface area contributed by atoms with Crippen LogP contribution < -0.4 is 10.2 Å². The minimum absolute atomic E-state index is 0.110. The van der Waals surface area contributed by atoms with Gasteiger partial charge in [-0.15, -0.1) is 0 Å². The zero-order valence-electron chi connectivity index (χ0n) is 16.2. The van der Waals surface area contributed by atoms with Crippen molar-refractivity contribution in [1.29, 1.82) is 5.26 Å². The number of carbonyl (C=O) groups is 1. The second-order valence-corrected chi connectivity index (χ2v) is 8.04. The fourth-order valence-electron chi connectivity index (χ4n) is 3.83. The van der Waals surface area contributed by atoms with Gasteiger partial charge in [0.2, 0.25) is 5.91 Å². The van der Waals surface area contributed by atoms with Gasteiger partial charge in [0, 0.05) is 19.2 Å². The van der Waals surface area contributed by atoms with Crippen LogP contribution in [-0.4, -0.2) is 29.5 Å². The summed E-state index contributed by atoms with van der Waals surface area (Å²) in [5.74, 6) is 0.365. The van der Waals surface area contributed by atoms with Crippen molar-refractivity contribution in [3.63, 3.8) is 0 Å². The van der Waals surface area contributed by atoms with E-state index in [2.05, 4.69) is 16.4 Å². The number of nitriles is 1. The molecule has 1 N–H and O–H groups in total. The third kappa shape index (κ3) is 4.40. The van der Waals surface area contributed by atoms with Gasteiger partial charge in [-0.1, -0.05) is 24.3 Å². The Labute approximate surface area is 172 Å². The number of halogens is 3. The fraction of sp³-hybridized carbons (Fsp3) is 0.409. The lowest BCUT2D eigenvalue weighted by Gasteiger charge is -2.24. The van der Waals surface area contributed by atoms with E-state index in [0.29, 0.717) is 18.9 Å². The van der Waals surface area contributed by atoms with Crippen molar-refractivity contribution in [2.24, 2.45) is 0 Å². The Kier molecular flexibility index (Phi) is 5.14. The van der Waals surface area contributed by atoms with Crippen LogP contribution in [-0.2, 0) is 17.4 Å². The highest BCUT2D eigenvalue weighted by Gasteiger charge is 2.40. The first-order valence-electron chi connectivity index (χ1n) is 9.86. The second kappa shape index (κ2) is 7.63. The molecule has 8 heteroatoms. The summed E-state index contributed by atoms with van der Waals surface area (Å²) in [6, 6.07) is 11.1. The van der Waals surface area contributed by atoms with Crippen molar-refractivity contribution in [2.75, 3.05) is 18.0 Å². The van der Waals surface area contributed by atoms with Crippen molar-refractivity contribution in [1.82, 2.24) is 10.3 Å². The van der Waals surface area contributed by atoms with Crippen LogP contribution in [0, 0.1) is 11.3 Å². The molecule has 1 aliphatic heterocycles. The Morgan fingerprint density at radius 2 is 2.00 bits per heavy atom. The Hall–Kier alpha value is -3.08. The van der Waals surface area contributed by atoms with E-state index >= 15 is 0 Å². The van der Waals surface area contributed by atoms with Gasteiger partial charge < -0.3 is 10.2 Å². The molecule has 4 rings (SSSR count). The van der Waals surface area contributed by atoms with E-state index in [9.17, 15) is 23.2 Å². The number of anilines is 1. The number of hydrogen-bond acceptors (Lipinski definition) is 4. The average molecular weight is 414 g/mol. The van der Waals surface area contributed by atoms with Crippen LogP contribution in [0.5, 0.6) is 0 Å². The normalized spacial score (nSPS) is 21.3. The highest BCUT2D eigenvalue weighted by atomic mass is 19.4. The summed E-state index contributed by atoms with van der Waals surface area (Å²) in [5, 5.41) is 12.5. The first-order chi connectivity index (χ1) is 14.3. The van der Waals surface area contributed by atoms with Crippen molar-refractivity contribution in [3.8, 4) is 6.07 Å². The number of hydrogen-bond donors (Lipinski definition) is 1. The van der Waals surface area contributed by atoms with Gasteiger partial charge in [0.15, 0.2) is 0 Å². The molecule has 1 aromatic heterocycles. The maximum absolute atomic E-state index is 13.0. The summed E-state index contributed by atoms with van der Waals surface area (Å²) in [6.45, 7) is 0.464. The molecule has 2 aromatic rings. The number of nitrogens with one attached hydrogen (secondary N) is 1. The topological polar surface area (TPSA) is 69.0 Å². The second-order valence-electron chi connectivity index (χ2n) is 8.04. The van der Waals surface area contributed by atoms with Gasteiger partial charge in [0.05, 0.1) is 36.5 Å². The molecule has 1 atom stereocenters. The zero-order chi connectivity index (χ0) is 21.4. The fourth-order valence-corrected chi connectivity index (χ4v) is 3.83. The zero-order valence-corrected chi connectivity index (χ0v) is 16.2. The minimum atomic E-state index is -4.49. The van der Waals surface area contributed by atoms with E-state index in [-0.39, 0.29) is 24.6 Å². The summed E-state index contributed by atoms with van der Waals surface area (Å²) in [6.07, 6.45) is 0.522. The summed E-state index contributed by atoms with van der Waals surface area (Å²) < 4.78 is 38.9. The quantitative estimate of drug-likeness (QED) is 0.808. The molecule has 1 aliphatic carbocycles. The number of pyridine rings is 1. The molecule has 1 amide bonds. The van der Waals surface area contributed by atoms with Crippen LogP contribution in [0.15, 0.2) is 42.7 Å². The maximum Gasteiger partial charge on any atom is 0.417 e. The predicted octanol–water partition coefficient (Wildman–Crippen LogP) is 3.81. The van der Waals surface area contributed by atoms with Crippen molar-refractivity contribution in [2.45, 2.75) is 43.3 Å². The standard InChI is InChI=1S/C22H21F3N4O/c23-22(24,25)18-10-19(12-27-11-18)29-8-7-21(13-26,14-29)28-20(30)9-15-1-3-16(4-2-15)17-5-6-17/h1-4,10-12,17H,5-9,14H2,(H,28,30)/t21-/m1/s1. The molecule has 0 bridgehead atoms. The lowest BCUT2D eigenvalue weighted by molar-refractivity contribution is -0.137. The number of aromatic nitrogens is 1. The highest BCUT2D eigenvalue weighted by Crippen LogP contribution is 2.40. The van der Waals surface area contributed by atoms with Crippen LogP contribution in [0.2, 0.25) is 0 Å². The molecular formula is C22H21F3N4O. The Bertz CT molecular complexity index is 979. The number of amides is 1. The summed E-state index contributed by atoms with van der Waals surface area (Å²) >= 11 is 0. The molecule has 2 fully saturated rings. The lowest BCUT2D eigenvalue weighted by Crippen LogP contribution is -2.50. The Morgan fingerprint density at radius 3 is 2.63 bits per heavy atom. The number of nitrogens with zero attached hydrogens (tertiary/aromatic N) is 3. The average Bonchev–Trinajstić information content (AvgIpc) is 3.48.